The van der Waals surface area contributed by atoms with Gasteiger partial charge in [-0.2, -0.15) is 0 Å². The molecular weight excluding hydrogens is 480 g/mol. The zero-order valence-corrected chi connectivity index (χ0v) is 22.1. The van der Waals surface area contributed by atoms with Crippen LogP contribution in [-0.4, -0.2) is 50.4 Å². The molecule has 37 heavy (non-hydrogen) atoms. The Balaban J connectivity index is 1.22. The molecule has 0 bridgehead atoms. The predicted octanol–water partition coefficient (Wildman–Crippen LogP) is 6.25. The summed E-state index contributed by atoms with van der Waals surface area (Å²) < 4.78 is 2.24. The summed E-state index contributed by atoms with van der Waals surface area (Å²) in [7, 11) is 0. The van der Waals surface area contributed by atoms with Crippen LogP contribution in [0, 0.1) is 5.92 Å². The molecule has 6 rings (SSSR count). The number of aromatic nitrogens is 2. The van der Waals surface area contributed by atoms with Crippen molar-refractivity contribution in [1.82, 2.24) is 19.4 Å². The second-order valence-electron chi connectivity index (χ2n) is 10.6. The average molecular weight is 513 g/mol. The van der Waals surface area contributed by atoms with Gasteiger partial charge in [0.1, 0.15) is 0 Å². The van der Waals surface area contributed by atoms with E-state index >= 15 is 0 Å². The van der Waals surface area contributed by atoms with E-state index < -0.39 is 0 Å². The molecule has 5 nitrogen and oxygen atoms in total. The number of amides is 1. The molecule has 1 aromatic heterocycles. The topological polar surface area (TPSA) is 41.4 Å². The molecule has 1 spiro atoms. The number of benzene rings is 3. The molecule has 2 aliphatic rings. The molecule has 1 aliphatic heterocycles. The minimum Gasteiger partial charge on any atom is -0.335 e. The highest BCUT2D eigenvalue weighted by molar-refractivity contribution is 6.30. The van der Waals surface area contributed by atoms with Crippen LogP contribution < -0.4 is 0 Å². The zero-order chi connectivity index (χ0) is 25.4. The number of carbonyl (C=O) groups is 1. The van der Waals surface area contributed by atoms with E-state index in [0.717, 1.165) is 60.5 Å². The largest absolute Gasteiger partial charge is 0.335 e. The lowest BCUT2D eigenvalue weighted by Crippen LogP contribution is -2.57. The first-order chi connectivity index (χ1) is 18.1. The molecule has 1 aliphatic carbocycles. The van der Waals surface area contributed by atoms with Gasteiger partial charge in [-0.15, -0.1) is 0 Å². The van der Waals surface area contributed by atoms with E-state index in [0.29, 0.717) is 5.92 Å². The van der Waals surface area contributed by atoms with Crippen molar-refractivity contribution in [1.29, 1.82) is 0 Å². The Bertz CT molecular complexity index is 1410. The van der Waals surface area contributed by atoms with Crippen molar-refractivity contribution in [3.8, 4) is 0 Å². The summed E-state index contributed by atoms with van der Waals surface area (Å²) in [6.07, 6.45) is 7.45. The van der Waals surface area contributed by atoms with Crippen molar-refractivity contribution in [2.75, 3.05) is 19.6 Å². The number of nitrogens with zero attached hydrogens (tertiary/aromatic N) is 4. The molecule has 2 atom stereocenters. The summed E-state index contributed by atoms with van der Waals surface area (Å²) >= 11 is 6.08. The molecule has 1 amide bonds. The first-order valence-corrected chi connectivity index (χ1v) is 13.7. The summed E-state index contributed by atoms with van der Waals surface area (Å²) in [5.74, 6) is 0.791. The highest BCUT2D eigenvalue weighted by atomic mass is 35.5. The fourth-order valence-electron chi connectivity index (χ4n) is 6.24. The molecule has 2 fully saturated rings. The van der Waals surface area contributed by atoms with Gasteiger partial charge in [-0.25, -0.2) is 4.98 Å². The molecule has 190 valence electrons. The minimum absolute atomic E-state index is 0.0594. The minimum atomic E-state index is 0.0594. The lowest BCUT2D eigenvalue weighted by molar-refractivity contribution is 0.0322. The Labute approximate surface area is 223 Å². The van der Waals surface area contributed by atoms with Gasteiger partial charge < -0.3 is 9.47 Å². The average Bonchev–Trinajstić information content (AvgIpc) is 3.40. The smallest absolute Gasteiger partial charge is 0.254 e. The molecule has 1 saturated carbocycles. The Kier molecular flexibility index (Phi) is 6.51. The van der Waals surface area contributed by atoms with Crippen LogP contribution in [0.15, 0.2) is 79.3 Å². The van der Waals surface area contributed by atoms with Gasteiger partial charge in [-0.05, 0) is 53.3 Å². The van der Waals surface area contributed by atoms with E-state index in [2.05, 4.69) is 56.6 Å². The van der Waals surface area contributed by atoms with Crippen molar-refractivity contribution >= 4 is 28.3 Å². The van der Waals surface area contributed by atoms with Crippen LogP contribution in [0.2, 0.25) is 5.02 Å². The number of hydrogen-bond acceptors (Lipinski definition) is 3. The van der Waals surface area contributed by atoms with Crippen LogP contribution in [0.25, 0.3) is 10.8 Å². The van der Waals surface area contributed by atoms with Gasteiger partial charge >= 0.3 is 0 Å². The Morgan fingerprint density at radius 2 is 1.84 bits per heavy atom. The number of halogens is 1. The fraction of sp³-hybridized carbons (Fsp3) is 0.355. The quantitative estimate of drug-likeness (QED) is 0.293. The first kappa shape index (κ1) is 24.2. The number of fused-ring (bicyclic) bond motifs is 1. The molecule has 0 N–H and O–H groups in total. The third kappa shape index (κ3) is 4.67. The summed E-state index contributed by atoms with van der Waals surface area (Å²) in [6.45, 7) is 6.31. The standard InChI is InChI=1S/C31H33ClN4O/c1-2-6-25-17-31(25)21-34(30(37)29-10-5-8-24-7-3-4-9-28(24)29)15-16-36(31)20-27-18-33-22-35(27)19-23-11-13-26(32)14-12-23/h3-5,7-14,18,22,25H,2,6,15-17,19-21H2,1H3. The van der Waals surface area contributed by atoms with E-state index in [-0.39, 0.29) is 11.4 Å². The van der Waals surface area contributed by atoms with Crippen LogP contribution in [0.5, 0.6) is 0 Å². The molecule has 3 aromatic carbocycles. The van der Waals surface area contributed by atoms with Crippen molar-refractivity contribution in [3.05, 3.63) is 101 Å². The van der Waals surface area contributed by atoms with E-state index in [9.17, 15) is 4.79 Å². The fourth-order valence-corrected chi connectivity index (χ4v) is 6.36. The molecule has 1 saturated heterocycles. The van der Waals surface area contributed by atoms with E-state index in [4.69, 9.17) is 11.6 Å². The molecule has 0 radical (unpaired) electrons. The van der Waals surface area contributed by atoms with Gasteiger partial charge in [0.15, 0.2) is 0 Å². The molecular formula is C31H33ClN4O. The lowest BCUT2D eigenvalue weighted by atomic mass is 10.0. The van der Waals surface area contributed by atoms with Crippen molar-refractivity contribution in [2.45, 2.75) is 44.8 Å². The number of hydrogen-bond donors (Lipinski definition) is 0. The van der Waals surface area contributed by atoms with Gasteiger partial charge in [0.25, 0.3) is 5.91 Å². The van der Waals surface area contributed by atoms with Gasteiger partial charge in [0.05, 0.1) is 12.0 Å². The van der Waals surface area contributed by atoms with E-state index in [1.165, 1.54) is 24.1 Å². The summed E-state index contributed by atoms with van der Waals surface area (Å²) in [5.41, 5.74) is 3.30. The maximum Gasteiger partial charge on any atom is 0.254 e. The van der Waals surface area contributed by atoms with Gasteiger partial charge in [0, 0.05) is 55.0 Å². The lowest BCUT2D eigenvalue weighted by Gasteiger charge is -2.43. The van der Waals surface area contributed by atoms with E-state index in [1.807, 2.05) is 48.9 Å². The second-order valence-corrected chi connectivity index (χ2v) is 11.0. The highest BCUT2D eigenvalue weighted by Gasteiger charge is 2.59. The van der Waals surface area contributed by atoms with Gasteiger partial charge in [0.2, 0.25) is 0 Å². The number of rotatable bonds is 7. The van der Waals surface area contributed by atoms with Crippen LogP contribution in [0.4, 0.5) is 0 Å². The monoisotopic (exact) mass is 512 g/mol. The van der Waals surface area contributed by atoms with Crippen LogP contribution in [-0.2, 0) is 13.1 Å². The van der Waals surface area contributed by atoms with Crippen molar-refractivity contribution in [3.63, 3.8) is 0 Å². The number of piperazine rings is 1. The Morgan fingerprint density at radius 3 is 2.68 bits per heavy atom. The summed E-state index contributed by atoms with van der Waals surface area (Å²) in [4.78, 5) is 23.0. The maximum absolute atomic E-state index is 13.8. The maximum atomic E-state index is 13.8. The molecule has 4 aromatic rings. The number of carbonyl (C=O) groups excluding carboxylic acids is 1. The van der Waals surface area contributed by atoms with Crippen LogP contribution in [0.3, 0.4) is 0 Å². The predicted molar refractivity (Wildman–Crippen MR) is 149 cm³/mol. The zero-order valence-electron chi connectivity index (χ0n) is 21.3. The highest BCUT2D eigenvalue weighted by Crippen LogP contribution is 2.53. The molecule has 2 heterocycles. The SMILES string of the molecule is CCCC1CC12CN(C(=O)c1cccc3ccccc13)CCN2Cc1cncn1Cc1ccc(Cl)cc1. The van der Waals surface area contributed by atoms with Crippen molar-refractivity contribution in [2.24, 2.45) is 5.92 Å². The molecule has 6 heteroatoms. The summed E-state index contributed by atoms with van der Waals surface area (Å²) in [6, 6.07) is 22.3. The molecule has 2 unspecified atom stereocenters. The Hall–Kier alpha value is -3.15. The second kappa shape index (κ2) is 9.96. The van der Waals surface area contributed by atoms with Crippen molar-refractivity contribution < 1.29 is 4.79 Å². The summed E-state index contributed by atoms with van der Waals surface area (Å²) in [5, 5.41) is 2.91. The van der Waals surface area contributed by atoms with Gasteiger partial charge in [-0.1, -0.05) is 73.5 Å². The van der Waals surface area contributed by atoms with Crippen LogP contribution >= 0.6 is 11.6 Å². The first-order valence-electron chi connectivity index (χ1n) is 13.3. The normalized spacial score (nSPS) is 21.6. The van der Waals surface area contributed by atoms with E-state index in [1.54, 1.807) is 0 Å². The Morgan fingerprint density at radius 1 is 1.03 bits per heavy atom. The van der Waals surface area contributed by atoms with Gasteiger partial charge in [-0.3, -0.25) is 9.69 Å². The van der Waals surface area contributed by atoms with Crippen LogP contribution in [0.1, 0.15) is 47.8 Å². The number of imidazole rings is 1. The third-order valence-electron chi connectivity index (χ3n) is 8.30. The third-order valence-corrected chi connectivity index (χ3v) is 8.55.